The molecule has 0 spiro atoms. The Morgan fingerprint density at radius 1 is 0.947 bits per heavy atom. The van der Waals surface area contributed by atoms with Crippen LogP contribution in [0.2, 0.25) is 0 Å². The Morgan fingerprint density at radius 2 is 1.84 bits per heavy atom. The number of likely N-dealkylation sites (tertiary alicyclic amines) is 1. The van der Waals surface area contributed by atoms with Crippen LogP contribution in [0.1, 0.15) is 32.1 Å². The third-order valence-electron chi connectivity index (χ3n) is 6.29. The van der Waals surface area contributed by atoms with Crippen molar-refractivity contribution in [3.63, 3.8) is 0 Å². The molecule has 0 aromatic carbocycles. The van der Waals surface area contributed by atoms with Crippen LogP contribution in [0.4, 0.5) is 0 Å². The van der Waals surface area contributed by atoms with Gasteiger partial charge in [-0.1, -0.05) is 6.42 Å². The van der Waals surface area contributed by atoms with Crippen LogP contribution in [0.5, 0.6) is 0 Å². The second-order valence-corrected chi connectivity index (χ2v) is 7.42. The molecule has 4 unspecified atom stereocenters. The van der Waals surface area contributed by atoms with E-state index in [1.54, 1.807) is 25.7 Å². The van der Waals surface area contributed by atoms with Gasteiger partial charge in [-0.05, 0) is 50.0 Å². The molecule has 0 aromatic rings. The highest BCUT2D eigenvalue weighted by molar-refractivity contribution is 4.93. The highest BCUT2D eigenvalue weighted by atomic mass is 15.3. The standard InChI is InChI=1S/C16H29N3/c1-2-14-9-13(1)10-15(14)11-18-6-3-16(12-18)19-7-4-17-5-8-19/h13-17H,1-12H2. The molecular weight excluding hydrogens is 234 g/mol. The Hall–Kier alpha value is -0.120. The monoisotopic (exact) mass is 263 g/mol. The van der Waals surface area contributed by atoms with Crippen molar-refractivity contribution < 1.29 is 0 Å². The van der Waals surface area contributed by atoms with Crippen molar-refractivity contribution in [2.75, 3.05) is 45.8 Å². The molecule has 3 heteroatoms. The smallest absolute Gasteiger partial charge is 0.0236 e. The molecule has 4 fully saturated rings. The van der Waals surface area contributed by atoms with E-state index in [9.17, 15) is 0 Å². The van der Waals surface area contributed by atoms with E-state index < -0.39 is 0 Å². The summed E-state index contributed by atoms with van der Waals surface area (Å²) in [5.74, 6) is 3.27. The largest absolute Gasteiger partial charge is 0.314 e. The molecule has 108 valence electrons. The number of piperazine rings is 1. The van der Waals surface area contributed by atoms with Crippen molar-refractivity contribution in [2.45, 2.75) is 38.1 Å². The van der Waals surface area contributed by atoms with Crippen molar-refractivity contribution >= 4 is 0 Å². The average molecular weight is 263 g/mol. The minimum atomic E-state index is 0.862. The summed E-state index contributed by atoms with van der Waals surface area (Å²) in [5.41, 5.74) is 0. The Balaban J connectivity index is 1.27. The third-order valence-corrected chi connectivity index (χ3v) is 6.29. The van der Waals surface area contributed by atoms with Crippen LogP contribution in [-0.2, 0) is 0 Å². The fraction of sp³-hybridized carbons (Fsp3) is 1.00. The topological polar surface area (TPSA) is 18.5 Å². The summed E-state index contributed by atoms with van der Waals surface area (Å²) in [5, 5.41) is 3.47. The summed E-state index contributed by atoms with van der Waals surface area (Å²) in [6, 6.07) is 0.862. The molecule has 3 nitrogen and oxygen atoms in total. The van der Waals surface area contributed by atoms with E-state index in [0.29, 0.717) is 0 Å². The lowest BCUT2D eigenvalue weighted by atomic mass is 9.88. The Morgan fingerprint density at radius 3 is 2.58 bits per heavy atom. The highest BCUT2D eigenvalue weighted by Crippen LogP contribution is 2.48. The zero-order chi connectivity index (χ0) is 12.7. The number of fused-ring (bicyclic) bond motifs is 2. The number of hydrogen-bond acceptors (Lipinski definition) is 3. The molecule has 2 bridgehead atoms. The first-order chi connectivity index (χ1) is 9.38. The van der Waals surface area contributed by atoms with E-state index in [4.69, 9.17) is 0 Å². The molecule has 0 amide bonds. The first-order valence-corrected chi connectivity index (χ1v) is 8.55. The van der Waals surface area contributed by atoms with E-state index in [2.05, 4.69) is 15.1 Å². The summed E-state index contributed by atoms with van der Waals surface area (Å²) < 4.78 is 0. The minimum Gasteiger partial charge on any atom is -0.314 e. The average Bonchev–Trinajstić information content (AvgIpc) is 3.16. The molecule has 2 heterocycles. The first kappa shape index (κ1) is 12.6. The molecule has 2 aliphatic heterocycles. The summed E-state index contributed by atoms with van der Waals surface area (Å²) in [6.07, 6.45) is 7.63. The van der Waals surface area contributed by atoms with Crippen LogP contribution in [0.15, 0.2) is 0 Å². The van der Waals surface area contributed by atoms with Gasteiger partial charge in [0.25, 0.3) is 0 Å². The molecule has 2 saturated heterocycles. The zero-order valence-electron chi connectivity index (χ0n) is 12.2. The second-order valence-electron chi connectivity index (χ2n) is 7.42. The lowest BCUT2D eigenvalue weighted by Crippen LogP contribution is -2.49. The van der Waals surface area contributed by atoms with Gasteiger partial charge in [-0.3, -0.25) is 4.90 Å². The molecule has 0 radical (unpaired) electrons. The SMILES string of the molecule is C1CN(C2CCN(CC3CC4CCC3C4)C2)CCN1. The summed E-state index contributed by atoms with van der Waals surface area (Å²) >= 11 is 0. The fourth-order valence-electron chi connectivity index (χ4n) is 5.26. The molecular formula is C16H29N3. The van der Waals surface area contributed by atoms with Gasteiger partial charge < -0.3 is 10.2 Å². The van der Waals surface area contributed by atoms with Crippen molar-refractivity contribution in [3.05, 3.63) is 0 Å². The molecule has 2 aliphatic carbocycles. The lowest BCUT2D eigenvalue weighted by Gasteiger charge is -2.33. The lowest BCUT2D eigenvalue weighted by molar-refractivity contribution is 0.160. The van der Waals surface area contributed by atoms with Crippen molar-refractivity contribution in [1.29, 1.82) is 0 Å². The van der Waals surface area contributed by atoms with Crippen molar-refractivity contribution in [1.82, 2.24) is 15.1 Å². The van der Waals surface area contributed by atoms with Crippen LogP contribution in [0, 0.1) is 17.8 Å². The Bertz CT molecular complexity index is 313. The van der Waals surface area contributed by atoms with Gasteiger partial charge in [0, 0.05) is 45.3 Å². The number of rotatable bonds is 3. The fourth-order valence-corrected chi connectivity index (χ4v) is 5.26. The molecule has 4 atom stereocenters. The maximum absolute atomic E-state index is 3.47. The normalized spacial score (nSPS) is 44.2. The van der Waals surface area contributed by atoms with Gasteiger partial charge in [-0.25, -0.2) is 0 Å². The third kappa shape index (κ3) is 2.57. The Labute approximate surface area is 117 Å². The predicted molar refractivity (Wildman–Crippen MR) is 78.2 cm³/mol. The molecule has 4 rings (SSSR count). The van der Waals surface area contributed by atoms with E-state index >= 15 is 0 Å². The van der Waals surface area contributed by atoms with Crippen LogP contribution in [0.3, 0.4) is 0 Å². The number of nitrogens with one attached hydrogen (secondary N) is 1. The molecule has 19 heavy (non-hydrogen) atoms. The van der Waals surface area contributed by atoms with Gasteiger partial charge in [0.15, 0.2) is 0 Å². The van der Waals surface area contributed by atoms with Gasteiger partial charge in [0.1, 0.15) is 0 Å². The molecule has 2 saturated carbocycles. The highest BCUT2D eigenvalue weighted by Gasteiger charge is 2.41. The van der Waals surface area contributed by atoms with Gasteiger partial charge in [0.05, 0.1) is 0 Å². The van der Waals surface area contributed by atoms with Crippen LogP contribution in [-0.4, -0.2) is 61.7 Å². The van der Waals surface area contributed by atoms with Crippen LogP contribution < -0.4 is 5.32 Å². The van der Waals surface area contributed by atoms with E-state index in [0.717, 1.165) is 23.8 Å². The van der Waals surface area contributed by atoms with Crippen molar-refractivity contribution in [2.24, 2.45) is 17.8 Å². The van der Waals surface area contributed by atoms with Crippen LogP contribution >= 0.6 is 0 Å². The minimum absolute atomic E-state index is 0.862. The first-order valence-electron chi connectivity index (χ1n) is 8.55. The van der Waals surface area contributed by atoms with Gasteiger partial charge in [0.2, 0.25) is 0 Å². The number of nitrogens with zero attached hydrogens (tertiary/aromatic N) is 2. The van der Waals surface area contributed by atoms with E-state index in [1.807, 2.05) is 0 Å². The van der Waals surface area contributed by atoms with E-state index in [-0.39, 0.29) is 0 Å². The van der Waals surface area contributed by atoms with Gasteiger partial charge >= 0.3 is 0 Å². The summed E-state index contributed by atoms with van der Waals surface area (Å²) in [4.78, 5) is 5.52. The van der Waals surface area contributed by atoms with Gasteiger partial charge in [-0.15, -0.1) is 0 Å². The van der Waals surface area contributed by atoms with Gasteiger partial charge in [-0.2, -0.15) is 0 Å². The Kier molecular flexibility index (Phi) is 3.55. The molecule has 4 aliphatic rings. The van der Waals surface area contributed by atoms with Crippen LogP contribution in [0.25, 0.3) is 0 Å². The maximum atomic E-state index is 3.47. The summed E-state index contributed by atoms with van der Waals surface area (Å²) in [7, 11) is 0. The predicted octanol–water partition coefficient (Wildman–Crippen LogP) is 1.40. The molecule has 1 N–H and O–H groups in total. The quantitative estimate of drug-likeness (QED) is 0.830. The summed E-state index contributed by atoms with van der Waals surface area (Å²) in [6.45, 7) is 9.07. The van der Waals surface area contributed by atoms with Crippen molar-refractivity contribution in [3.8, 4) is 0 Å². The van der Waals surface area contributed by atoms with E-state index in [1.165, 1.54) is 52.2 Å². The molecule has 0 aromatic heterocycles. The maximum Gasteiger partial charge on any atom is 0.0236 e. The zero-order valence-corrected chi connectivity index (χ0v) is 12.2. The number of hydrogen-bond donors (Lipinski definition) is 1. The second kappa shape index (κ2) is 5.34.